The molecule has 1 amide bonds. The summed E-state index contributed by atoms with van der Waals surface area (Å²) in [6.45, 7) is 5.94. The van der Waals surface area contributed by atoms with Crippen molar-refractivity contribution in [1.82, 2.24) is 14.9 Å². The maximum Gasteiger partial charge on any atom is 0.262 e. The van der Waals surface area contributed by atoms with E-state index in [-0.39, 0.29) is 23.3 Å². The van der Waals surface area contributed by atoms with Crippen LogP contribution in [0.2, 0.25) is 5.02 Å². The van der Waals surface area contributed by atoms with Crippen LogP contribution in [0.4, 0.5) is 0 Å². The van der Waals surface area contributed by atoms with Crippen LogP contribution < -0.4 is 10.9 Å². The molecular weight excluding hydrogens is 394 g/mol. The molecule has 0 saturated heterocycles. The quantitative estimate of drug-likeness (QED) is 0.358. The maximum absolute atomic E-state index is 12.8. The highest BCUT2D eigenvalue weighted by Gasteiger charge is 2.14. The number of nitrogens with one attached hydrogen (secondary N) is 1. The fourth-order valence-corrected chi connectivity index (χ4v) is 3.80. The van der Waals surface area contributed by atoms with Crippen molar-refractivity contribution in [2.45, 2.75) is 24.7 Å². The van der Waals surface area contributed by atoms with Gasteiger partial charge in [-0.15, -0.1) is 6.58 Å². The molecule has 1 heterocycles. The number of nitrogens with zero attached hydrogens (tertiary/aromatic N) is 2. The van der Waals surface area contributed by atoms with Gasteiger partial charge < -0.3 is 5.32 Å². The van der Waals surface area contributed by atoms with Gasteiger partial charge >= 0.3 is 0 Å². The molecule has 0 unspecified atom stereocenters. The first-order valence-corrected chi connectivity index (χ1v) is 10.1. The van der Waals surface area contributed by atoms with E-state index in [0.29, 0.717) is 27.6 Å². The minimum atomic E-state index is -0.201. The predicted octanol–water partition coefficient (Wildman–Crippen LogP) is 4.21. The summed E-state index contributed by atoms with van der Waals surface area (Å²) in [5.41, 5.74) is 1.38. The van der Waals surface area contributed by atoms with Crippen LogP contribution in [-0.2, 0) is 11.3 Å². The Labute approximate surface area is 172 Å². The van der Waals surface area contributed by atoms with Crippen LogP contribution in [0.5, 0.6) is 0 Å². The van der Waals surface area contributed by atoms with Gasteiger partial charge in [0.05, 0.1) is 22.7 Å². The molecule has 3 aromatic rings. The van der Waals surface area contributed by atoms with Crippen LogP contribution in [0.25, 0.3) is 10.9 Å². The Morgan fingerprint density at radius 2 is 2.07 bits per heavy atom. The standard InChI is InChI=1S/C21H20ClN3O2S/c1-3-11-25-20(27)17-12-16(22)9-10-18(17)24-21(25)28-13-19(26)23-14(2)15-7-5-4-6-8-15/h3-10,12,14H,1,11,13H2,2H3,(H,23,26)/t14-/m1/s1. The van der Waals surface area contributed by atoms with Gasteiger partial charge in [-0.2, -0.15) is 0 Å². The molecule has 0 spiro atoms. The van der Waals surface area contributed by atoms with E-state index in [2.05, 4.69) is 16.9 Å². The minimum absolute atomic E-state index is 0.101. The molecule has 0 fully saturated rings. The van der Waals surface area contributed by atoms with E-state index in [4.69, 9.17) is 11.6 Å². The van der Waals surface area contributed by atoms with E-state index >= 15 is 0 Å². The van der Waals surface area contributed by atoms with Crippen LogP contribution in [0, 0.1) is 0 Å². The lowest BCUT2D eigenvalue weighted by Gasteiger charge is -2.15. The number of hydrogen-bond donors (Lipinski definition) is 1. The van der Waals surface area contributed by atoms with Crippen LogP contribution in [0.15, 0.2) is 71.1 Å². The normalized spacial score (nSPS) is 11.9. The summed E-state index contributed by atoms with van der Waals surface area (Å²) in [6, 6.07) is 14.6. The number of carbonyl (C=O) groups is 1. The summed E-state index contributed by atoms with van der Waals surface area (Å²) >= 11 is 7.23. The number of fused-ring (bicyclic) bond motifs is 1. The molecule has 3 rings (SSSR count). The molecule has 0 saturated carbocycles. The summed E-state index contributed by atoms with van der Waals surface area (Å²) in [4.78, 5) is 29.7. The maximum atomic E-state index is 12.8. The summed E-state index contributed by atoms with van der Waals surface area (Å²) in [5.74, 6) is 0.0248. The highest BCUT2D eigenvalue weighted by molar-refractivity contribution is 7.99. The van der Waals surface area contributed by atoms with E-state index in [1.54, 1.807) is 24.3 Å². The summed E-state index contributed by atoms with van der Waals surface area (Å²) in [7, 11) is 0. The van der Waals surface area contributed by atoms with E-state index in [0.717, 1.165) is 5.56 Å². The van der Waals surface area contributed by atoms with E-state index in [9.17, 15) is 9.59 Å². The number of hydrogen-bond acceptors (Lipinski definition) is 4. The number of thioether (sulfide) groups is 1. The zero-order valence-electron chi connectivity index (χ0n) is 15.4. The first kappa shape index (κ1) is 20.2. The van der Waals surface area contributed by atoms with Gasteiger partial charge in [0.1, 0.15) is 0 Å². The molecule has 7 heteroatoms. The lowest BCUT2D eigenvalue weighted by Crippen LogP contribution is -2.29. The fourth-order valence-electron chi connectivity index (χ4n) is 2.81. The predicted molar refractivity (Wildman–Crippen MR) is 115 cm³/mol. The van der Waals surface area contributed by atoms with Crippen molar-refractivity contribution in [3.8, 4) is 0 Å². The van der Waals surface area contributed by atoms with Crippen molar-refractivity contribution < 1.29 is 4.79 Å². The average molecular weight is 414 g/mol. The van der Waals surface area contributed by atoms with Crippen molar-refractivity contribution in [1.29, 1.82) is 0 Å². The van der Waals surface area contributed by atoms with E-state index in [1.165, 1.54) is 16.3 Å². The Balaban J connectivity index is 1.78. The SMILES string of the molecule is C=CCn1c(SCC(=O)N[C@H](C)c2ccccc2)nc2ccc(Cl)cc2c1=O. The summed E-state index contributed by atoms with van der Waals surface area (Å²) < 4.78 is 1.50. The smallest absolute Gasteiger partial charge is 0.262 e. The van der Waals surface area contributed by atoms with Gasteiger partial charge in [0, 0.05) is 11.6 Å². The summed E-state index contributed by atoms with van der Waals surface area (Å²) in [6.07, 6.45) is 1.63. The average Bonchev–Trinajstić information content (AvgIpc) is 2.70. The zero-order chi connectivity index (χ0) is 20.1. The molecule has 0 aliphatic rings. The van der Waals surface area contributed by atoms with Crippen molar-refractivity contribution in [3.63, 3.8) is 0 Å². The van der Waals surface area contributed by atoms with E-state index in [1.807, 2.05) is 37.3 Å². The first-order chi connectivity index (χ1) is 13.5. The number of benzene rings is 2. The van der Waals surface area contributed by atoms with Crippen molar-refractivity contribution in [2.24, 2.45) is 0 Å². The topological polar surface area (TPSA) is 64.0 Å². The molecule has 1 aromatic heterocycles. The third-order valence-corrected chi connectivity index (χ3v) is 5.41. The van der Waals surface area contributed by atoms with Gasteiger partial charge in [-0.3, -0.25) is 14.2 Å². The molecule has 144 valence electrons. The third-order valence-electron chi connectivity index (χ3n) is 4.20. The van der Waals surface area contributed by atoms with Gasteiger partial charge in [-0.1, -0.05) is 59.8 Å². The molecule has 0 radical (unpaired) electrons. The molecule has 28 heavy (non-hydrogen) atoms. The van der Waals surface area contributed by atoms with Crippen molar-refractivity contribution in [2.75, 3.05) is 5.75 Å². The molecular formula is C21H20ClN3O2S. The van der Waals surface area contributed by atoms with Gasteiger partial charge in [-0.25, -0.2) is 4.98 Å². The Hall–Kier alpha value is -2.57. The molecule has 0 aliphatic heterocycles. The second-order valence-electron chi connectivity index (χ2n) is 6.25. The zero-order valence-corrected chi connectivity index (χ0v) is 17.0. The van der Waals surface area contributed by atoms with Gasteiger partial charge in [-0.05, 0) is 30.7 Å². The lowest BCUT2D eigenvalue weighted by atomic mass is 10.1. The Bertz CT molecular complexity index is 1070. The van der Waals surface area contributed by atoms with Gasteiger partial charge in [0.15, 0.2) is 5.16 Å². The molecule has 0 aliphatic carbocycles. The van der Waals surface area contributed by atoms with Crippen LogP contribution in [0.1, 0.15) is 18.5 Å². The number of allylic oxidation sites excluding steroid dienone is 1. The van der Waals surface area contributed by atoms with Crippen LogP contribution in [-0.4, -0.2) is 21.2 Å². The largest absolute Gasteiger partial charge is 0.349 e. The molecule has 5 nitrogen and oxygen atoms in total. The van der Waals surface area contributed by atoms with Crippen LogP contribution >= 0.6 is 23.4 Å². The highest BCUT2D eigenvalue weighted by Crippen LogP contribution is 2.21. The fraction of sp³-hybridized carbons (Fsp3) is 0.190. The summed E-state index contributed by atoms with van der Waals surface area (Å²) in [5, 5.41) is 4.36. The minimum Gasteiger partial charge on any atom is -0.349 e. The van der Waals surface area contributed by atoms with Crippen molar-refractivity contribution >= 4 is 40.2 Å². The monoisotopic (exact) mass is 413 g/mol. The number of aromatic nitrogens is 2. The van der Waals surface area contributed by atoms with Crippen LogP contribution in [0.3, 0.4) is 0 Å². The molecule has 2 aromatic carbocycles. The lowest BCUT2D eigenvalue weighted by molar-refractivity contribution is -0.119. The Morgan fingerprint density at radius 1 is 1.32 bits per heavy atom. The number of halogens is 1. The van der Waals surface area contributed by atoms with E-state index < -0.39 is 0 Å². The third kappa shape index (κ3) is 4.64. The Morgan fingerprint density at radius 3 is 2.79 bits per heavy atom. The Kier molecular flexibility index (Phi) is 6.54. The molecule has 0 bridgehead atoms. The number of carbonyl (C=O) groups excluding carboxylic acids is 1. The van der Waals surface area contributed by atoms with Gasteiger partial charge in [0.25, 0.3) is 5.56 Å². The molecule has 1 atom stereocenters. The molecule has 1 N–H and O–H groups in total. The van der Waals surface area contributed by atoms with Crippen molar-refractivity contribution in [3.05, 3.63) is 82.1 Å². The van der Waals surface area contributed by atoms with Gasteiger partial charge in [0.2, 0.25) is 5.91 Å². The number of amides is 1. The second-order valence-corrected chi connectivity index (χ2v) is 7.63. The second kappa shape index (κ2) is 9.08. The first-order valence-electron chi connectivity index (χ1n) is 8.77. The highest BCUT2D eigenvalue weighted by atomic mass is 35.5. The number of rotatable bonds is 7.